The van der Waals surface area contributed by atoms with Crippen molar-refractivity contribution >= 4 is 24.1 Å². The molecule has 19 heteroatoms. The maximum Gasteiger partial charge on any atom is 0.333 e. The Hall–Kier alpha value is -4.70. The lowest BCUT2D eigenvalue weighted by atomic mass is 9.98. The highest BCUT2D eigenvalue weighted by molar-refractivity contribution is 5.88. The molecule has 0 amide bonds. The number of benzene rings is 2. The Balaban J connectivity index is 1.45. The van der Waals surface area contributed by atoms with Gasteiger partial charge < -0.3 is 83.5 Å². The molecule has 292 valence electrons. The van der Waals surface area contributed by atoms with Crippen LogP contribution in [0, 0.1) is 0 Å². The molecule has 2 saturated heterocycles. The molecule has 0 unspecified atom stereocenters. The van der Waals surface area contributed by atoms with E-state index in [0.717, 1.165) is 12.2 Å². The second-order valence-corrected chi connectivity index (χ2v) is 11.6. The van der Waals surface area contributed by atoms with E-state index in [9.17, 15) is 50.4 Å². The number of esters is 2. The van der Waals surface area contributed by atoms with Crippen LogP contribution in [0.5, 0.6) is 34.5 Å². The SMILES string of the molecule is COc1cc(/C=C/C(=O)O[C@@H]2O[C@H](CO[C@@H]3O[C@H](CO)[C@@H](O)[C@H](O)[C@H]3OC(=O)/C=C/c3cc(OC)c(O)c(OC)c3)[C@@H](O)[C@H](O)[C@@H]2O)cc(OC)c1O. The van der Waals surface area contributed by atoms with Crippen molar-refractivity contribution in [2.24, 2.45) is 0 Å². The van der Waals surface area contributed by atoms with E-state index in [1.165, 1.54) is 64.9 Å². The number of ether oxygens (including phenoxy) is 9. The fourth-order valence-electron chi connectivity index (χ4n) is 5.33. The number of hydrogen-bond acceptors (Lipinski definition) is 19. The average Bonchev–Trinajstić information content (AvgIpc) is 3.15. The Bertz CT molecular complexity index is 1580. The van der Waals surface area contributed by atoms with E-state index in [0.29, 0.717) is 11.1 Å². The minimum atomic E-state index is -1.91. The van der Waals surface area contributed by atoms with Gasteiger partial charge in [-0.3, -0.25) is 0 Å². The number of carbonyl (C=O) groups excluding carboxylic acids is 2. The third kappa shape index (κ3) is 9.65. The van der Waals surface area contributed by atoms with Crippen molar-refractivity contribution in [2.45, 2.75) is 61.4 Å². The number of aliphatic hydroxyl groups is 6. The zero-order valence-electron chi connectivity index (χ0n) is 28.9. The van der Waals surface area contributed by atoms with E-state index in [1.54, 1.807) is 0 Å². The van der Waals surface area contributed by atoms with Crippen LogP contribution in [-0.2, 0) is 33.3 Å². The number of carbonyl (C=O) groups is 2. The maximum absolute atomic E-state index is 12.8. The minimum Gasteiger partial charge on any atom is -0.502 e. The van der Waals surface area contributed by atoms with E-state index >= 15 is 0 Å². The summed E-state index contributed by atoms with van der Waals surface area (Å²) in [4.78, 5) is 25.5. The molecule has 0 bridgehead atoms. The third-order valence-corrected chi connectivity index (χ3v) is 8.23. The van der Waals surface area contributed by atoms with Gasteiger partial charge in [0.05, 0.1) is 41.7 Å². The van der Waals surface area contributed by atoms with Crippen molar-refractivity contribution in [3.05, 3.63) is 47.5 Å². The molecule has 53 heavy (non-hydrogen) atoms. The Morgan fingerprint density at radius 2 is 1.06 bits per heavy atom. The largest absolute Gasteiger partial charge is 0.502 e. The third-order valence-electron chi connectivity index (χ3n) is 8.23. The Kier molecular flexibility index (Phi) is 14.2. The molecule has 0 radical (unpaired) electrons. The van der Waals surface area contributed by atoms with Crippen LogP contribution in [0.25, 0.3) is 12.2 Å². The van der Waals surface area contributed by atoms with Gasteiger partial charge in [-0.15, -0.1) is 0 Å². The molecule has 2 aromatic carbocycles. The highest BCUT2D eigenvalue weighted by atomic mass is 16.7. The predicted octanol–water partition coefficient (Wildman–Crippen LogP) is -1.42. The van der Waals surface area contributed by atoms with Crippen LogP contribution in [0.3, 0.4) is 0 Å². The lowest BCUT2D eigenvalue weighted by molar-refractivity contribution is -0.327. The lowest BCUT2D eigenvalue weighted by Gasteiger charge is -2.43. The van der Waals surface area contributed by atoms with Gasteiger partial charge in [0.15, 0.2) is 35.4 Å². The quantitative estimate of drug-likeness (QED) is 0.0811. The topological polar surface area (TPSA) is 279 Å². The Labute approximate surface area is 302 Å². The van der Waals surface area contributed by atoms with Crippen molar-refractivity contribution < 1.29 is 93.1 Å². The van der Waals surface area contributed by atoms with Crippen molar-refractivity contribution in [3.8, 4) is 34.5 Å². The average molecular weight is 755 g/mol. The fourth-order valence-corrected chi connectivity index (χ4v) is 5.33. The summed E-state index contributed by atoms with van der Waals surface area (Å²) in [5.41, 5.74) is 0.700. The van der Waals surface area contributed by atoms with Crippen molar-refractivity contribution in [1.29, 1.82) is 0 Å². The maximum atomic E-state index is 12.8. The first-order chi connectivity index (χ1) is 25.3. The molecule has 19 nitrogen and oxygen atoms in total. The molecule has 4 rings (SSSR count). The van der Waals surface area contributed by atoms with Gasteiger partial charge >= 0.3 is 11.9 Å². The lowest BCUT2D eigenvalue weighted by Crippen LogP contribution is -2.62. The summed E-state index contributed by atoms with van der Waals surface area (Å²) in [6.07, 6.45) is -12.9. The Morgan fingerprint density at radius 1 is 0.623 bits per heavy atom. The monoisotopic (exact) mass is 754 g/mol. The van der Waals surface area contributed by atoms with Gasteiger partial charge in [-0.05, 0) is 47.5 Å². The summed E-state index contributed by atoms with van der Waals surface area (Å²) in [5.74, 6) is -2.42. The molecule has 0 spiro atoms. The van der Waals surface area contributed by atoms with Gasteiger partial charge in [0.1, 0.15) is 42.7 Å². The van der Waals surface area contributed by atoms with Crippen LogP contribution in [0.4, 0.5) is 0 Å². The zero-order valence-corrected chi connectivity index (χ0v) is 28.9. The molecular formula is C34H42O19. The predicted molar refractivity (Wildman–Crippen MR) is 177 cm³/mol. The summed E-state index contributed by atoms with van der Waals surface area (Å²) in [5, 5.41) is 82.8. The molecule has 0 saturated carbocycles. The summed E-state index contributed by atoms with van der Waals surface area (Å²) in [6.45, 7) is -1.48. The number of phenols is 2. The van der Waals surface area contributed by atoms with E-state index in [2.05, 4.69) is 0 Å². The molecule has 2 heterocycles. The second kappa shape index (κ2) is 18.4. The number of aliphatic hydroxyl groups excluding tert-OH is 6. The van der Waals surface area contributed by atoms with Crippen LogP contribution in [0.15, 0.2) is 36.4 Å². The van der Waals surface area contributed by atoms with Gasteiger partial charge in [-0.1, -0.05) is 0 Å². The number of methoxy groups -OCH3 is 4. The molecule has 8 N–H and O–H groups in total. The van der Waals surface area contributed by atoms with Crippen molar-refractivity contribution in [1.82, 2.24) is 0 Å². The Morgan fingerprint density at radius 3 is 1.51 bits per heavy atom. The van der Waals surface area contributed by atoms with Gasteiger partial charge in [-0.2, -0.15) is 0 Å². The van der Waals surface area contributed by atoms with E-state index in [1.807, 2.05) is 0 Å². The second-order valence-electron chi connectivity index (χ2n) is 11.6. The first kappa shape index (κ1) is 41.1. The van der Waals surface area contributed by atoms with Gasteiger partial charge in [0.2, 0.25) is 17.8 Å². The first-order valence-electron chi connectivity index (χ1n) is 15.9. The fraction of sp³-hybridized carbons (Fsp3) is 0.471. The molecule has 0 aliphatic carbocycles. The van der Waals surface area contributed by atoms with E-state index in [4.69, 9.17) is 42.6 Å². The van der Waals surface area contributed by atoms with Crippen molar-refractivity contribution in [2.75, 3.05) is 41.7 Å². The summed E-state index contributed by atoms with van der Waals surface area (Å²) < 4.78 is 47.5. The highest BCUT2D eigenvalue weighted by Crippen LogP contribution is 2.38. The molecular weight excluding hydrogens is 712 g/mol. The standard InChI is InChI=1S/C34H42O19/c1-45-17-9-15(10-18(46-2)25(17)38)5-7-23(36)52-32-30(43)27(40)21(13-35)50-34(32)49-14-22-28(41)29(42)31(44)33(51-22)53-24(37)8-6-16-11-19(47-3)26(39)20(12-16)48-4/h5-12,21-22,27-35,38-44H,13-14H2,1-4H3/b7-5+,8-6+/t21-,22-,27-,28-,29+,30+,31+,32-,33+,34-/m1/s1. The molecule has 2 aliphatic heterocycles. The summed E-state index contributed by atoms with van der Waals surface area (Å²) >= 11 is 0. The zero-order chi connectivity index (χ0) is 39.0. The molecule has 2 aliphatic rings. The van der Waals surface area contributed by atoms with Gasteiger partial charge in [0.25, 0.3) is 0 Å². The van der Waals surface area contributed by atoms with Gasteiger partial charge in [-0.25, -0.2) is 9.59 Å². The van der Waals surface area contributed by atoms with Crippen LogP contribution >= 0.6 is 0 Å². The molecule has 2 fully saturated rings. The van der Waals surface area contributed by atoms with Gasteiger partial charge in [0, 0.05) is 12.2 Å². The van der Waals surface area contributed by atoms with Crippen LogP contribution in [0.2, 0.25) is 0 Å². The van der Waals surface area contributed by atoms with Crippen LogP contribution in [0.1, 0.15) is 11.1 Å². The highest BCUT2D eigenvalue weighted by Gasteiger charge is 2.49. The number of rotatable bonds is 14. The normalized spacial score (nSPS) is 28.8. The molecule has 2 aromatic rings. The van der Waals surface area contributed by atoms with Crippen molar-refractivity contribution in [3.63, 3.8) is 0 Å². The number of hydrogen-bond donors (Lipinski definition) is 8. The summed E-state index contributed by atoms with van der Waals surface area (Å²) in [6, 6.07) is 5.59. The molecule has 0 aromatic heterocycles. The van der Waals surface area contributed by atoms with Crippen LogP contribution < -0.4 is 18.9 Å². The molecule has 10 atom stereocenters. The first-order valence-corrected chi connectivity index (χ1v) is 15.9. The summed E-state index contributed by atoms with van der Waals surface area (Å²) in [7, 11) is 5.26. The number of aromatic hydroxyl groups is 2. The van der Waals surface area contributed by atoms with E-state index < -0.39 is 86.6 Å². The smallest absolute Gasteiger partial charge is 0.333 e. The number of phenolic OH excluding ortho intramolecular Hbond substituents is 2. The van der Waals surface area contributed by atoms with E-state index in [-0.39, 0.29) is 34.5 Å². The van der Waals surface area contributed by atoms with Crippen LogP contribution in [-0.4, -0.2) is 156 Å². The minimum absolute atomic E-state index is 0.0505.